The summed E-state index contributed by atoms with van der Waals surface area (Å²) in [4.78, 5) is 12.8. The molecule has 1 heterocycles. The number of halogens is 1. The van der Waals surface area contributed by atoms with E-state index >= 15 is 0 Å². The van der Waals surface area contributed by atoms with Crippen molar-refractivity contribution in [2.75, 3.05) is 18.0 Å². The quantitative estimate of drug-likeness (QED) is 0.855. The van der Waals surface area contributed by atoms with Gasteiger partial charge in [-0.25, -0.2) is 4.39 Å². The van der Waals surface area contributed by atoms with Gasteiger partial charge in [0.15, 0.2) is 0 Å². The third-order valence-electron chi connectivity index (χ3n) is 3.07. The van der Waals surface area contributed by atoms with E-state index in [1.54, 1.807) is 12.1 Å². The number of aliphatic carboxylic acids is 1. The molecule has 0 radical (unpaired) electrons. The minimum absolute atomic E-state index is 0.0729. The molecule has 0 amide bonds. The molecular weight excluding hydrogens is 235 g/mol. The fourth-order valence-electron chi connectivity index (χ4n) is 2.38. The van der Waals surface area contributed by atoms with Crippen LogP contribution in [0.25, 0.3) is 0 Å². The van der Waals surface area contributed by atoms with Gasteiger partial charge in [-0.1, -0.05) is 0 Å². The average molecular weight is 252 g/mol. The van der Waals surface area contributed by atoms with Gasteiger partial charge in [-0.3, -0.25) is 4.79 Å². The molecule has 2 atom stereocenters. The van der Waals surface area contributed by atoms with Crippen LogP contribution in [0.3, 0.4) is 0 Å². The molecule has 0 aliphatic carbocycles. The standard InChI is InChI=1S/C13H17FN2O2/c1-9-7-16(8-11(15-9)6-13(17)18)12-4-2-10(14)3-5-12/h2-5,9,11,15H,6-8H2,1H3,(H,17,18). The Morgan fingerprint density at radius 1 is 1.44 bits per heavy atom. The fraction of sp³-hybridized carbons (Fsp3) is 0.462. The van der Waals surface area contributed by atoms with Crippen LogP contribution in [0.4, 0.5) is 10.1 Å². The second kappa shape index (κ2) is 5.35. The molecule has 4 nitrogen and oxygen atoms in total. The van der Waals surface area contributed by atoms with Gasteiger partial charge in [0, 0.05) is 30.9 Å². The number of carboxylic acids is 1. The number of rotatable bonds is 3. The molecule has 1 saturated heterocycles. The number of anilines is 1. The first-order valence-electron chi connectivity index (χ1n) is 6.03. The van der Waals surface area contributed by atoms with Crippen molar-refractivity contribution in [3.05, 3.63) is 30.1 Å². The Kier molecular flexibility index (Phi) is 3.81. The van der Waals surface area contributed by atoms with Crippen molar-refractivity contribution < 1.29 is 14.3 Å². The van der Waals surface area contributed by atoms with Gasteiger partial charge in [0.2, 0.25) is 0 Å². The van der Waals surface area contributed by atoms with Gasteiger partial charge in [0.25, 0.3) is 0 Å². The fourth-order valence-corrected chi connectivity index (χ4v) is 2.38. The van der Waals surface area contributed by atoms with Crippen molar-refractivity contribution in [1.29, 1.82) is 0 Å². The monoisotopic (exact) mass is 252 g/mol. The minimum Gasteiger partial charge on any atom is -0.481 e. The van der Waals surface area contributed by atoms with E-state index in [1.165, 1.54) is 12.1 Å². The number of piperazine rings is 1. The summed E-state index contributed by atoms with van der Waals surface area (Å²) in [6.45, 7) is 3.44. The number of carbonyl (C=O) groups is 1. The maximum Gasteiger partial charge on any atom is 0.304 e. The summed E-state index contributed by atoms with van der Waals surface area (Å²) >= 11 is 0. The molecule has 0 aromatic heterocycles. The number of nitrogens with one attached hydrogen (secondary N) is 1. The van der Waals surface area contributed by atoms with Gasteiger partial charge in [-0.2, -0.15) is 0 Å². The molecule has 0 spiro atoms. The molecule has 1 aromatic carbocycles. The van der Waals surface area contributed by atoms with Crippen LogP contribution in [0, 0.1) is 5.82 Å². The van der Waals surface area contributed by atoms with Gasteiger partial charge in [0.05, 0.1) is 6.42 Å². The Labute approximate surface area is 105 Å². The van der Waals surface area contributed by atoms with Crippen LogP contribution in [-0.4, -0.2) is 36.2 Å². The summed E-state index contributed by atoms with van der Waals surface area (Å²) in [6.07, 6.45) is 0.0992. The molecule has 1 aromatic rings. The first kappa shape index (κ1) is 12.8. The van der Waals surface area contributed by atoms with Gasteiger partial charge in [-0.05, 0) is 31.2 Å². The van der Waals surface area contributed by atoms with Crippen LogP contribution in [0.2, 0.25) is 0 Å². The molecule has 0 saturated carbocycles. The zero-order valence-electron chi connectivity index (χ0n) is 10.3. The predicted octanol–water partition coefficient (Wildman–Crippen LogP) is 1.47. The Bertz CT molecular complexity index is 422. The lowest BCUT2D eigenvalue weighted by Gasteiger charge is -2.38. The largest absolute Gasteiger partial charge is 0.481 e. The Morgan fingerprint density at radius 2 is 2.11 bits per heavy atom. The van der Waals surface area contributed by atoms with Crippen LogP contribution in [-0.2, 0) is 4.79 Å². The molecular formula is C13H17FN2O2. The second-order valence-electron chi connectivity index (χ2n) is 4.74. The summed E-state index contributed by atoms with van der Waals surface area (Å²) in [7, 11) is 0. The molecule has 98 valence electrons. The van der Waals surface area contributed by atoms with Gasteiger partial charge < -0.3 is 15.3 Å². The molecule has 2 rings (SSSR count). The van der Waals surface area contributed by atoms with E-state index in [2.05, 4.69) is 10.2 Å². The van der Waals surface area contributed by atoms with Crippen molar-refractivity contribution in [3.63, 3.8) is 0 Å². The van der Waals surface area contributed by atoms with Crippen LogP contribution < -0.4 is 10.2 Å². The van der Waals surface area contributed by atoms with Gasteiger partial charge >= 0.3 is 5.97 Å². The lowest BCUT2D eigenvalue weighted by atomic mass is 10.1. The van der Waals surface area contributed by atoms with Crippen LogP contribution in [0.15, 0.2) is 24.3 Å². The highest BCUT2D eigenvalue weighted by Crippen LogP contribution is 2.19. The van der Waals surface area contributed by atoms with Gasteiger partial charge in [0.1, 0.15) is 5.82 Å². The average Bonchev–Trinajstić information content (AvgIpc) is 2.28. The van der Waals surface area contributed by atoms with Crippen LogP contribution in [0.5, 0.6) is 0 Å². The normalized spacial score (nSPS) is 24.0. The number of nitrogens with zero attached hydrogens (tertiary/aromatic N) is 1. The van der Waals surface area contributed by atoms with Gasteiger partial charge in [-0.15, -0.1) is 0 Å². The van der Waals surface area contributed by atoms with E-state index in [0.29, 0.717) is 6.54 Å². The lowest BCUT2D eigenvalue weighted by Crippen LogP contribution is -2.56. The highest BCUT2D eigenvalue weighted by Gasteiger charge is 2.25. The van der Waals surface area contributed by atoms with Crippen molar-refractivity contribution in [3.8, 4) is 0 Å². The predicted molar refractivity (Wildman–Crippen MR) is 67.3 cm³/mol. The smallest absolute Gasteiger partial charge is 0.304 e. The molecule has 1 aliphatic rings. The highest BCUT2D eigenvalue weighted by molar-refractivity contribution is 5.67. The third kappa shape index (κ3) is 3.20. The van der Waals surface area contributed by atoms with E-state index in [1.807, 2.05) is 6.92 Å². The first-order valence-corrected chi connectivity index (χ1v) is 6.03. The Morgan fingerprint density at radius 3 is 2.72 bits per heavy atom. The van der Waals surface area contributed by atoms with E-state index < -0.39 is 5.97 Å². The second-order valence-corrected chi connectivity index (χ2v) is 4.74. The van der Waals surface area contributed by atoms with Crippen molar-refractivity contribution >= 4 is 11.7 Å². The van der Waals surface area contributed by atoms with E-state index in [-0.39, 0.29) is 24.3 Å². The SMILES string of the molecule is CC1CN(c2ccc(F)cc2)CC(CC(=O)O)N1. The van der Waals surface area contributed by atoms with Crippen molar-refractivity contribution in [2.45, 2.75) is 25.4 Å². The maximum absolute atomic E-state index is 12.9. The number of hydrogen-bond acceptors (Lipinski definition) is 3. The van der Waals surface area contributed by atoms with Crippen molar-refractivity contribution in [2.24, 2.45) is 0 Å². The summed E-state index contributed by atoms with van der Waals surface area (Å²) < 4.78 is 12.9. The third-order valence-corrected chi connectivity index (χ3v) is 3.07. The summed E-state index contributed by atoms with van der Waals surface area (Å²) in [5, 5.41) is 12.1. The van der Waals surface area contributed by atoms with Crippen LogP contribution in [0.1, 0.15) is 13.3 Å². The Hall–Kier alpha value is -1.62. The van der Waals surface area contributed by atoms with E-state index in [4.69, 9.17) is 5.11 Å². The number of benzene rings is 1. The summed E-state index contributed by atoms with van der Waals surface area (Å²) in [5.74, 6) is -1.07. The van der Waals surface area contributed by atoms with E-state index in [0.717, 1.165) is 12.2 Å². The molecule has 1 fully saturated rings. The van der Waals surface area contributed by atoms with Crippen molar-refractivity contribution in [1.82, 2.24) is 5.32 Å². The molecule has 2 unspecified atom stereocenters. The molecule has 1 aliphatic heterocycles. The number of hydrogen-bond donors (Lipinski definition) is 2. The molecule has 0 bridgehead atoms. The maximum atomic E-state index is 12.9. The Balaban J connectivity index is 2.08. The zero-order chi connectivity index (χ0) is 13.1. The minimum atomic E-state index is -0.805. The number of carboxylic acid groups (broad SMARTS) is 1. The van der Waals surface area contributed by atoms with Crippen LogP contribution >= 0.6 is 0 Å². The molecule has 18 heavy (non-hydrogen) atoms. The topological polar surface area (TPSA) is 52.6 Å². The summed E-state index contributed by atoms with van der Waals surface area (Å²) in [5.41, 5.74) is 0.931. The lowest BCUT2D eigenvalue weighted by molar-refractivity contribution is -0.137. The first-order chi connectivity index (χ1) is 8.54. The zero-order valence-corrected chi connectivity index (χ0v) is 10.3. The highest BCUT2D eigenvalue weighted by atomic mass is 19.1. The van der Waals surface area contributed by atoms with E-state index in [9.17, 15) is 9.18 Å². The molecule has 5 heteroatoms. The molecule has 2 N–H and O–H groups in total. The summed E-state index contributed by atoms with van der Waals surface area (Å²) in [6, 6.07) is 6.45.